The van der Waals surface area contributed by atoms with Crippen LogP contribution in [0.4, 0.5) is 5.82 Å². The molecule has 3 heterocycles. The third-order valence-corrected chi connectivity index (χ3v) is 5.25. The highest BCUT2D eigenvalue weighted by Gasteiger charge is 2.18. The Labute approximate surface area is 131 Å². The van der Waals surface area contributed by atoms with E-state index in [9.17, 15) is 0 Å². The minimum absolute atomic E-state index is 0.114. The van der Waals surface area contributed by atoms with Crippen LogP contribution in [0, 0.1) is 0 Å². The number of nitrogens with one attached hydrogen (secondary N) is 1. The van der Waals surface area contributed by atoms with Crippen molar-refractivity contribution >= 4 is 44.9 Å². The fourth-order valence-electron chi connectivity index (χ4n) is 1.84. The van der Waals surface area contributed by atoms with Crippen LogP contribution in [0.1, 0.15) is 30.5 Å². The number of anilines is 1. The topological polar surface area (TPSA) is 50.2 Å². The lowest BCUT2D eigenvalue weighted by atomic mass is 9.94. The molecule has 0 atom stereocenters. The maximum atomic E-state index is 4.35. The van der Waals surface area contributed by atoms with Gasteiger partial charge in [0, 0.05) is 9.75 Å². The zero-order valence-electron chi connectivity index (χ0n) is 12.1. The van der Waals surface area contributed by atoms with Crippen LogP contribution in [-0.4, -0.2) is 16.2 Å². The summed E-state index contributed by atoms with van der Waals surface area (Å²) in [5.74, 6) is 0.750. The lowest BCUT2D eigenvalue weighted by molar-refractivity contribution is 0.604. The van der Waals surface area contributed by atoms with E-state index < -0.39 is 0 Å². The summed E-state index contributed by atoms with van der Waals surface area (Å²) in [6, 6.07) is 6.18. The van der Waals surface area contributed by atoms with Crippen LogP contribution in [0.3, 0.4) is 0 Å². The minimum atomic E-state index is 0.114. The van der Waals surface area contributed by atoms with Gasteiger partial charge in [-0.15, -0.1) is 22.7 Å². The highest BCUT2D eigenvalue weighted by atomic mass is 32.1. The van der Waals surface area contributed by atoms with Gasteiger partial charge in [0.1, 0.15) is 11.2 Å². The first-order valence-corrected chi connectivity index (χ1v) is 8.31. The molecule has 21 heavy (non-hydrogen) atoms. The van der Waals surface area contributed by atoms with Crippen molar-refractivity contribution in [1.82, 2.24) is 9.97 Å². The zero-order chi connectivity index (χ0) is 14.9. The molecule has 0 aliphatic heterocycles. The predicted octanol–water partition coefficient (Wildman–Crippen LogP) is 4.50. The van der Waals surface area contributed by atoms with Crippen LogP contribution in [-0.2, 0) is 5.41 Å². The highest BCUT2D eigenvalue weighted by molar-refractivity contribution is 7.18. The van der Waals surface area contributed by atoms with Crippen LogP contribution in [0.2, 0.25) is 0 Å². The number of hydrogen-bond acceptors (Lipinski definition) is 6. The first kappa shape index (κ1) is 14.2. The van der Waals surface area contributed by atoms with E-state index in [2.05, 4.69) is 47.3 Å². The third kappa shape index (κ3) is 3.11. The summed E-state index contributed by atoms with van der Waals surface area (Å²) < 4.78 is 0. The Balaban J connectivity index is 1.90. The number of rotatable bonds is 3. The van der Waals surface area contributed by atoms with Crippen LogP contribution in [0.5, 0.6) is 0 Å². The number of nitrogens with zero attached hydrogens (tertiary/aromatic N) is 3. The molecule has 1 N–H and O–H groups in total. The number of fused-ring (bicyclic) bond motifs is 1. The summed E-state index contributed by atoms with van der Waals surface area (Å²) in [5, 5.41) is 7.31. The Hall–Kier alpha value is -1.79. The standard InChI is InChI=1S/C15H16N4S2/c1-15(2,3)12-7-11-13(16-9-17-14(11)21-12)19-18-8-10-5-4-6-20-10/h4-9H,1-3H3,(H,16,17,19). The van der Waals surface area contributed by atoms with Gasteiger partial charge in [0.15, 0.2) is 5.82 Å². The molecule has 0 spiro atoms. The monoisotopic (exact) mass is 316 g/mol. The molecule has 0 unspecified atom stereocenters. The van der Waals surface area contributed by atoms with Gasteiger partial charge in [0.25, 0.3) is 0 Å². The molecule has 0 aliphatic rings. The van der Waals surface area contributed by atoms with Gasteiger partial charge in [0.05, 0.1) is 11.6 Å². The number of aromatic nitrogens is 2. The molecular formula is C15H16N4S2. The zero-order valence-corrected chi connectivity index (χ0v) is 13.8. The Bertz CT molecular complexity index is 767. The van der Waals surface area contributed by atoms with E-state index in [-0.39, 0.29) is 5.41 Å². The minimum Gasteiger partial charge on any atom is -0.261 e. The lowest BCUT2D eigenvalue weighted by Crippen LogP contribution is -2.07. The molecule has 0 fully saturated rings. The van der Waals surface area contributed by atoms with Crippen molar-refractivity contribution in [2.24, 2.45) is 5.10 Å². The van der Waals surface area contributed by atoms with Gasteiger partial charge in [0.2, 0.25) is 0 Å². The molecule has 0 saturated heterocycles. The second kappa shape index (κ2) is 5.54. The quantitative estimate of drug-likeness (QED) is 0.572. The van der Waals surface area contributed by atoms with E-state index in [0.717, 1.165) is 20.9 Å². The summed E-state index contributed by atoms with van der Waals surface area (Å²) in [7, 11) is 0. The molecule has 3 aromatic rings. The smallest absolute Gasteiger partial charge is 0.158 e. The average molecular weight is 316 g/mol. The number of hydrazone groups is 1. The van der Waals surface area contributed by atoms with Crippen molar-refractivity contribution in [3.05, 3.63) is 39.7 Å². The first-order valence-electron chi connectivity index (χ1n) is 6.61. The lowest BCUT2D eigenvalue weighted by Gasteiger charge is -2.14. The van der Waals surface area contributed by atoms with Gasteiger partial charge in [-0.2, -0.15) is 5.10 Å². The van der Waals surface area contributed by atoms with Crippen molar-refractivity contribution in [3.63, 3.8) is 0 Å². The van der Waals surface area contributed by atoms with Crippen LogP contribution in [0.25, 0.3) is 10.2 Å². The molecule has 0 bridgehead atoms. The maximum Gasteiger partial charge on any atom is 0.158 e. The van der Waals surface area contributed by atoms with E-state index in [4.69, 9.17) is 0 Å². The van der Waals surface area contributed by atoms with E-state index in [1.54, 1.807) is 35.2 Å². The van der Waals surface area contributed by atoms with Gasteiger partial charge < -0.3 is 0 Å². The molecular weight excluding hydrogens is 300 g/mol. The van der Waals surface area contributed by atoms with Crippen LogP contribution < -0.4 is 5.43 Å². The number of thiophene rings is 2. The Morgan fingerprint density at radius 3 is 2.86 bits per heavy atom. The number of hydrogen-bond donors (Lipinski definition) is 1. The van der Waals surface area contributed by atoms with Gasteiger partial charge in [-0.3, -0.25) is 5.43 Å². The molecule has 0 aromatic carbocycles. The summed E-state index contributed by atoms with van der Waals surface area (Å²) in [6.45, 7) is 6.60. The van der Waals surface area contributed by atoms with E-state index >= 15 is 0 Å². The van der Waals surface area contributed by atoms with Gasteiger partial charge in [-0.1, -0.05) is 26.8 Å². The second-order valence-electron chi connectivity index (χ2n) is 5.69. The fraction of sp³-hybridized carbons (Fsp3) is 0.267. The molecule has 0 saturated carbocycles. The summed E-state index contributed by atoms with van der Waals surface area (Å²) in [6.07, 6.45) is 3.38. The Kier molecular flexibility index (Phi) is 3.73. The van der Waals surface area contributed by atoms with Gasteiger partial charge in [-0.05, 0) is 22.9 Å². The van der Waals surface area contributed by atoms with Gasteiger partial charge in [-0.25, -0.2) is 9.97 Å². The summed E-state index contributed by atoms with van der Waals surface area (Å²) >= 11 is 3.36. The molecule has 0 radical (unpaired) electrons. The van der Waals surface area contributed by atoms with Crippen molar-refractivity contribution < 1.29 is 0 Å². The summed E-state index contributed by atoms with van der Waals surface area (Å²) in [5.41, 5.74) is 3.14. The van der Waals surface area contributed by atoms with Crippen molar-refractivity contribution in [2.75, 3.05) is 5.43 Å². The Morgan fingerprint density at radius 2 is 2.14 bits per heavy atom. The van der Waals surface area contributed by atoms with Gasteiger partial charge >= 0.3 is 0 Å². The van der Waals surface area contributed by atoms with E-state index in [1.807, 2.05) is 17.5 Å². The molecule has 4 nitrogen and oxygen atoms in total. The first-order chi connectivity index (χ1) is 10.0. The van der Waals surface area contributed by atoms with Crippen LogP contribution in [0.15, 0.2) is 35.0 Å². The fourth-order valence-corrected chi connectivity index (χ4v) is 3.48. The van der Waals surface area contributed by atoms with E-state index in [1.165, 1.54) is 4.88 Å². The average Bonchev–Trinajstić information content (AvgIpc) is 3.06. The summed E-state index contributed by atoms with van der Waals surface area (Å²) in [4.78, 5) is 12.0. The normalized spacial score (nSPS) is 12.3. The second-order valence-corrected chi connectivity index (χ2v) is 7.70. The molecule has 108 valence electrons. The van der Waals surface area contributed by atoms with Crippen molar-refractivity contribution in [1.29, 1.82) is 0 Å². The van der Waals surface area contributed by atoms with Crippen molar-refractivity contribution in [2.45, 2.75) is 26.2 Å². The van der Waals surface area contributed by atoms with Crippen molar-refractivity contribution in [3.8, 4) is 0 Å². The Morgan fingerprint density at radius 1 is 1.29 bits per heavy atom. The van der Waals surface area contributed by atoms with E-state index in [0.29, 0.717) is 0 Å². The predicted molar refractivity (Wildman–Crippen MR) is 91.7 cm³/mol. The maximum absolute atomic E-state index is 4.35. The highest BCUT2D eigenvalue weighted by Crippen LogP contribution is 2.35. The molecule has 0 amide bonds. The molecule has 6 heteroatoms. The SMILES string of the molecule is CC(C)(C)c1cc2c(NN=Cc3cccs3)ncnc2s1. The molecule has 3 aromatic heterocycles. The molecule has 0 aliphatic carbocycles. The molecule has 3 rings (SSSR count). The third-order valence-electron chi connectivity index (χ3n) is 2.97. The largest absolute Gasteiger partial charge is 0.261 e. The van der Waals surface area contributed by atoms with Crippen LogP contribution >= 0.6 is 22.7 Å².